The molecule has 0 N–H and O–H groups in total. The minimum atomic E-state index is -0.348. The Morgan fingerprint density at radius 1 is 1.11 bits per heavy atom. The molecule has 3 rings (SSSR count). The maximum Gasteiger partial charge on any atom is 0.337 e. The first kappa shape index (κ1) is 19.4. The van der Waals surface area contributed by atoms with Crippen molar-refractivity contribution < 1.29 is 14.3 Å². The third kappa shape index (κ3) is 3.84. The van der Waals surface area contributed by atoms with Crippen LogP contribution in [0.1, 0.15) is 40.1 Å². The van der Waals surface area contributed by atoms with Crippen molar-refractivity contribution in [1.82, 2.24) is 0 Å². The number of hydrogen-bond donors (Lipinski definition) is 0. The van der Waals surface area contributed by atoms with Gasteiger partial charge in [0.2, 0.25) is 0 Å². The van der Waals surface area contributed by atoms with Crippen molar-refractivity contribution in [3.8, 4) is 6.07 Å². The number of esters is 1. The Morgan fingerprint density at radius 2 is 1.79 bits per heavy atom. The van der Waals surface area contributed by atoms with Crippen LogP contribution < -0.4 is 9.80 Å². The van der Waals surface area contributed by atoms with Crippen molar-refractivity contribution in [1.29, 1.82) is 5.26 Å². The van der Waals surface area contributed by atoms with E-state index >= 15 is 0 Å². The molecule has 0 saturated carbocycles. The van der Waals surface area contributed by atoms with E-state index in [0.29, 0.717) is 16.7 Å². The van der Waals surface area contributed by atoms with Crippen LogP contribution >= 0.6 is 0 Å². The number of hydrogen-bond acceptors (Lipinski definition) is 6. The molecule has 6 heteroatoms. The molecule has 28 heavy (non-hydrogen) atoms. The summed E-state index contributed by atoms with van der Waals surface area (Å²) in [5, 5.41) is 9.48. The van der Waals surface area contributed by atoms with E-state index in [1.54, 1.807) is 24.3 Å². The SMILES string of the molecule is COC(=O)c1ccc(N2CCN(c3cc(C(C)=O)ccc3C#N)C(C)C2)cc1. The normalized spacial score (nSPS) is 16.4. The third-order valence-corrected chi connectivity index (χ3v) is 5.12. The number of ether oxygens (including phenoxy) is 1. The van der Waals surface area contributed by atoms with Gasteiger partial charge < -0.3 is 14.5 Å². The molecule has 0 spiro atoms. The van der Waals surface area contributed by atoms with Gasteiger partial charge in [-0.1, -0.05) is 0 Å². The lowest BCUT2D eigenvalue weighted by Crippen LogP contribution is -2.52. The monoisotopic (exact) mass is 377 g/mol. The van der Waals surface area contributed by atoms with Crippen molar-refractivity contribution in [2.24, 2.45) is 0 Å². The summed E-state index contributed by atoms with van der Waals surface area (Å²) in [6.07, 6.45) is 0. The van der Waals surface area contributed by atoms with E-state index in [1.807, 2.05) is 18.2 Å². The molecule has 1 heterocycles. The molecule has 1 fully saturated rings. The van der Waals surface area contributed by atoms with Crippen molar-refractivity contribution in [3.05, 3.63) is 59.2 Å². The predicted octanol–water partition coefficient (Wildman–Crippen LogP) is 3.26. The van der Waals surface area contributed by atoms with E-state index in [9.17, 15) is 14.9 Å². The molecule has 0 amide bonds. The molecule has 144 valence electrons. The molecular weight excluding hydrogens is 354 g/mol. The van der Waals surface area contributed by atoms with Crippen LogP contribution in [0.4, 0.5) is 11.4 Å². The molecule has 1 atom stereocenters. The molecule has 2 aromatic rings. The summed E-state index contributed by atoms with van der Waals surface area (Å²) in [7, 11) is 1.37. The molecule has 1 aliphatic rings. The summed E-state index contributed by atoms with van der Waals surface area (Å²) in [4.78, 5) is 27.8. The van der Waals surface area contributed by atoms with Crippen LogP contribution in [0.3, 0.4) is 0 Å². The summed E-state index contributed by atoms with van der Waals surface area (Å²) in [6.45, 7) is 5.92. The Hall–Kier alpha value is -3.33. The highest BCUT2D eigenvalue weighted by atomic mass is 16.5. The second-order valence-corrected chi connectivity index (χ2v) is 6.93. The van der Waals surface area contributed by atoms with Crippen LogP contribution in [-0.2, 0) is 4.74 Å². The van der Waals surface area contributed by atoms with E-state index in [2.05, 4.69) is 22.8 Å². The van der Waals surface area contributed by atoms with Crippen molar-refractivity contribution in [3.63, 3.8) is 0 Å². The number of carbonyl (C=O) groups is 2. The lowest BCUT2D eigenvalue weighted by Gasteiger charge is -2.42. The number of nitrogens with zero attached hydrogens (tertiary/aromatic N) is 3. The van der Waals surface area contributed by atoms with Gasteiger partial charge in [0.25, 0.3) is 0 Å². The lowest BCUT2D eigenvalue weighted by atomic mass is 10.0. The number of ketones is 1. The number of piperazine rings is 1. The van der Waals surface area contributed by atoms with Crippen LogP contribution in [0, 0.1) is 11.3 Å². The smallest absolute Gasteiger partial charge is 0.337 e. The second kappa shape index (κ2) is 8.13. The highest BCUT2D eigenvalue weighted by Crippen LogP contribution is 2.28. The van der Waals surface area contributed by atoms with Gasteiger partial charge in [-0.2, -0.15) is 5.26 Å². The molecule has 1 aliphatic heterocycles. The molecule has 1 saturated heterocycles. The van der Waals surface area contributed by atoms with Crippen LogP contribution in [0.15, 0.2) is 42.5 Å². The van der Waals surface area contributed by atoms with E-state index in [-0.39, 0.29) is 17.8 Å². The quantitative estimate of drug-likeness (QED) is 0.601. The largest absolute Gasteiger partial charge is 0.465 e. The maximum atomic E-state index is 11.8. The number of carbonyl (C=O) groups excluding carboxylic acids is 2. The highest BCUT2D eigenvalue weighted by Gasteiger charge is 2.26. The van der Waals surface area contributed by atoms with Gasteiger partial charge >= 0.3 is 5.97 Å². The lowest BCUT2D eigenvalue weighted by molar-refractivity contribution is 0.0600. The van der Waals surface area contributed by atoms with E-state index in [1.165, 1.54) is 14.0 Å². The number of anilines is 2. The molecule has 0 aliphatic carbocycles. The van der Waals surface area contributed by atoms with Crippen molar-refractivity contribution in [2.45, 2.75) is 19.9 Å². The fraction of sp³-hybridized carbons (Fsp3) is 0.318. The van der Waals surface area contributed by atoms with Gasteiger partial charge in [0.1, 0.15) is 6.07 Å². The number of methoxy groups -OCH3 is 1. The van der Waals surface area contributed by atoms with E-state index in [0.717, 1.165) is 31.0 Å². The first-order valence-corrected chi connectivity index (χ1v) is 9.19. The van der Waals surface area contributed by atoms with Gasteiger partial charge in [-0.25, -0.2) is 4.79 Å². The van der Waals surface area contributed by atoms with Gasteiger partial charge in [-0.15, -0.1) is 0 Å². The second-order valence-electron chi connectivity index (χ2n) is 6.93. The zero-order valence-electron chi connectivity index (χ0n) is 16.3. The van der Waals surface area contributed by atoms with Crippen molar-refractivity contribution >= 4 is 23.1 Å². The van der Waals surface area contributed by atoms with Crippen LogP contribution in [0.2, 0.25) is 0 Å². The molecule has 0 radical (unpaired) electrons. The predicted molar refractivity (Wildman–Crippen MR) is 108 cm³/mol. The Balaban J connectivity index is 1.79. The first-order chi connectivity index (χ1) is 13.4. The zero-order valence-corrected chi connectivity index (χ0v) is 16.3. The Labute approximate surface area is 164 Å². The fourth-order valence-electron chi connectivity index (χ4n) is 3.56. The minimum Gasteiger partial charge on any atom is -0.465 e. The number of rotatable bonds is 4. The summed E-state index contributed by atoms with van der Waals surface area (Å²) in [5.74, 6) is -0.359. The Kier molecular flexibility index (Phi) is 5.65. The summed E-state index contributed by atoms with van der Waals surface area (Å²) >= 11 is 0. The van der Waals surface area contributed by atoms with Gasteiger partial charge in [0, 0.05) is 36.9 Å². The van der Waals surface area contributed by atoms with Crippen LogP contribution in [0.25, 0.3) is 0 Å². The Bertz CT molecular complexity index is 931. The first-order valence-electron chi connectivity index (χ1n) is 9.19. The van der Waals surface area contributed by atoms with Gasteiger partial charge in [0.05, 0.1) is 23.9 Å². The third-order valence-electron chi connectivity index (χ3n) is 5.12. The maximum absolute atomic E-state index is 11.8. The molecular formula is C22H23N3O3. The Morgan fingerprint density at radius 3 is 2.36 bits per heavy atom. The number of Topliss-reactive ketones (excluding diaryl/α,β-unsaturated/α-hetero) is 1. The van der Waals surface area contributed by atoms with Crippen molar-refractivity contribution in [2.75, 3.05) is 36.5 Å². The molecule has 6 nitrogen and oxygen atoms in total. The summed E-state index contributed by atoms with van der Waals surface area (Å²) < 4.78 is 4.74. The zero-order chi connectivity index (χ0) is 20.3. The fourth-order valence-corrected chi connectivity index (χ4v) is 3.56. The average molecular weight is 377 g/mol. The topological polar surface area (TPSA) is 73.6 Å². The molecule has 0 bridgehead atoms. The summed E-state index contributed by atoms with van der Waals surface area (Å²) in [6, 6.07) is 15.0. The van der Waals surface area contributed by atoms with E-state index in [4.69, 9.17) is 4.74 Å². The van der Waals surface area contributed by atoms with Gasteiger partial charge in [0.15, 0.2) is 5.78 Å². The number of nitriles is 1. The minimum absolute atomic E-state index is 0.0114. The van der Waals surface area contributed by atoms with E-state index < -0.39 is 0 Å². The molecule has 0 aromatic heterocycles. The average Bonchev–Trinajstić information content (AvgIpc) is 2.72. The molecule has 2 aromatic carbocycles. The standard InChI is InChI=1S/C22H23N3O3/c1-15-14-24(20-8-6-17(7-9-20)22(27)28-3)10-11-25(15)21-12-18(16(2)26)4-5-19(21)13-23/h4-9,12,15H,10-11,14H2,1-3H3. The van der Waals surface area contributed by atoms with Crippen LogP contribution in [0.5, 0.6) is 0 Å². The van der Waals surface area contributed by atoms with Crippen LogP contribution in [-0.4, -0.2) is 44.5 Å². The van der Waals surface area contributed by atoms with Gasteiger partial charge in [-0.3, -0.25) is 4.79 Å². The van der Waals surface area contributed by atoms with Gasteiger partial charge in [-0.05, 0) is 56.3 Å². The summed E-state index contributed by atoms with van der Waals surface area (Å²) in [5.41, 5.74) is 3.56. The highest BCUT2D eigenvalue weighted by molar-refractivity contribution is 5.95. The molecule has 1 unspecified atom stereocenters. The number of benzene rings is 2.